The summed E-state index contributed by atoms with van der Waals surface area (Å²) in [6.45, 7) is 5.90. The zero-order valence-corrected chi connectivity index (χ0v) is 15.0. The first-order chi connectivity index (χ1) is 11.9. The van der Waals surface area contributed by atoms with Gasteiger partial charge in [-0.05, 0) is 37.1 Å². The van der Waals surface area contributed by atoms with Crippen molar-refractivity contribution in [2.24, 2.45) is 5.92 Å². The van der Waals surface area contributed by atoms with E-state index >= 15 is 0 Å². The molecule has 0 aliphatic carbocycles. The zero-order valence-electron chi connectivity index (χ0n) is 15.0. The number of pyridine rings is 1. The van der Waals surface area contributed by atoms with Gasteiger partial charge < -0.3 is 16.0 Å². The van der Waals surface area contributed by atoms with Gasteiger partial charge in [0.05, 0.1) is 5.56 Å². The highest BCUT2D eigenvalue weighted by Crippen LogP contribution is 2.14. The summed E-state index contributed by atoms with van der Waals surface area (Å²) in [7, 11) is 1.60. The third-order valence-corrected chi connectivity index (χ3v) is 3.83. The van der Waals surface area contributed by atoms with Crippen molar-refractivity contribution >= 4 is 23.3 Å². The summed E-state index contributed by atoms with van der Waals surface area (Å²) < 4.78 is 0. The number of hydrogen-bond donors (Lipinski definition) is 3. The molecule has 2 aromatic rings. The van der Waals surface area contributed by atoms with Crippen LogP contribution in [-0.2, 0) is 4.79 Å². The van der Waals surface area contributed by atoms with E-state index in [0.29, 0.717) is 11.4 Å². The van der Waals surface area contributed by atoms with Gasteiger partial charge >= 0.3 is 0 Å². The van der Waals surface area contributed by atoms with Crippen molar-refractivity contribution in [3.05, 3.63) is 53.7 Å². The van der Waals surface area contributed by atoms with Crippen LogP contribution in [0.5, 0.6) is 0 Å². The minimum Gasteiger partial charge on any atom is -0.358 e. The van der Waals surface area contributed by atoms with E-state index in [1.54, 1.807) is 19.2 Å². The van der Waals surface area contributed by atoms with Gasteiger partial charge in [-0.1, -0.05) is 31.5 Å². The topological polar surface area (TPSA) is 83.1 Å². The van der Waals surface area contributed by atoms with Crippen LogP contribution in [0.3, 0.4) is 0 Å². The second-order valence-electron chi connectivity index (χ2n) is 6.23. The molecule has 0 saturated heterocycles. The molecule has 1 atom stereocenters. The smallest absolute Gasteiger partial charge is 0.257 e. The summed E-state index contributed by atoms with van der Waals surface area (Å²) in [6, 6.07) is 10.6. The molecule has 132 valence electrons. The summed E-state index contributed by atoms with van der Waals surface area (Å²) >= 11 is 0. The predicted molar refractivity (Wildman–Crippen MR) is 99.7 cm³/mol. The number of nitrogens with zero attached hydrogens (tertiary/aromatic N) is 1. The van der Waals surface area contributed by atoms with E-state index in [1.165, 1.54) is 6.20 Å². The van der Waals surface area contributed by atoms with Crippen LogP contribution in [0.1, 0.15) is 29.8 Å². The molecule has 0 bridgehead atoms. The number of benzene rings is 1. The SMILES string of the molecule is CNC(=O)C(Nc1ccc(C(=O)Nc2ccc(C)cc2)cn1)C(C)C. The molecule has 0 radical (unpaired) electrons. The van der Waals surface area contributed by atoms with Gasteiger partial charge in [0.2, 0.25) is 5.91 Å². The second kappa shape index (κ2) is 8.28. The normalized spacial score (nSPS) is 11.7. The number of hydrogen-bond acceptors (Lipinski definition) is 4. The highest BCUT2D eigenvalue weighted by molar-refractivity contribution is 6.04. The summed E-state index contributed by atoms with van der Waals surface area (Å²) in [4.78, 5) is 28.4. The van der Waals surface area contributed by atoms with Gasteiger partial charge in [-0.15, -0.1) is 0 Å². The standard InChI is InChI=1S/C19H24N4O2/c1-12(2)17(19(25)20-4)23-16-10-7-14(11-21-16)18(24)22-15-8-5-13(3)6-9-15/h5-12,17H,1-4H3,(H,20,25)(H,21,23)(H,22,24). The van der Waals surface area contributed by atoms with Gasteiger partial charge in [-0.3, -0.25) is 9.59 Å². The molecule has 1 heterocycles. The quantitative estimate of drug-likeness (QED) is 0.755. The lowest BCUT2D eigenvalue weighted by Gasteiger charge is -2.21. The molecule has 0 saturated carbocycles. The van der Waals surface area contributed by atoms with Crippen molar-refractivity contribution in [1.82, 2.24) is 10.3 Å². The molecule has 0 spiro atoms. The Kier molecular flexibility index (Phi) is 6.11. The second-order valence-corrected chi connectivity index (χ2v) is 6.23. The Bertz CT molecular complexity index is 724. The van der Waals surface area contributed by atoms with Crippen molar-refractivity contribution in [2.75, 3.05) is 17.7 Å². The fraction of sp³-hybridized carbons (Fsp3) is 0.316. The Morgan fingerprint density at radius 1 is 1.04 bits per heavy atom. The van der Waals surface area contributed by atoms with Crippen molar-refractivity contribution in [2.45, 2.75) is 26.8 Å². The molecule has 1 aromatic carbocycles. The molecule has 1 unspecified atom stereocenters. The monoisotopic (exact) mass is 340 g/mol. The van der Waals surface area contributed by atoms with E-state index in [9.17, 15) is 9.59 Å². The Balaban J connectivity index is 2.04. The first-order valence-corrected chi connectivity index (χ1v) is 8.23. The lowest BCUT2D eigenvalue weighted by Crippen LogP contribution is -2.41. The highest BCUT2D eigenvalue weighted by Gasteiger charge is 2.21. The molecule has 0 aliphatic rings. The lowest BCUT2D eigenvalue weighted by atomic mass is 10.0. The van der Waals surface area contributed by atoms with Gasteiger partial charge in [-0.2, -0.15) is 0 Å². The number of aryl methyl sites for hydroxylation is 1. The molecule has 1 aromatic heterocycles. The summed E-state index contributed by atoms with van der Waals surface area (Å²) in [6.07, 6.45) is 1.49. The number of likely N-dealkylation sites (N-methyl/N-ethyl adjacent to an activating group) is 1. The molecule has 6 heteroatoms. The molecule has 25 heavy (non-hydrogen) atoms. The minimum atomic E-state index is -0.385. The maximum absolute atomic E-state index is 12.3. The van der Waals surface area contributed by atoms with Crippen LogP contribution < -0.4 is 16.0 Å². The van der Waals surface area contributed by atoms with E-state index in [-0.39, 0.29) is 23.8 Å². The first kappa shape index (κ1) is 18.4. The maximum Gasteiger partial charge on any atom is 0.257 e. The number of amides is 2. The average molecular weight is 340 g/mol. The van der Waals surface area contributed by atoms with Crippen molar-refractivity contribution < 1.29 is 9.59 Å². The molecule has 2 amide bonds. The summed E-state index contributed by atoms with van der Waals surface area (Å²) in [5.74, 6) is 0.327. The number of anilines is 2. The van der Waals surface area contributed by atoms with Crippen LogP contribution in [0.15, 0.2) is 42.6 Å². The van der Waals surface area contributed by atoms with Crippen molar-refractivity contribution in [3.63, 3.8) is 0 Å². The number of carbonyl (C=O) groups is 2. The average Bonchev–Trinajstić information content (AvgIpc) is 2.61. The van der Waals surface area contributed by atoms with E-state index in [2.05, 4.69) is 20.9 Å². The fourth-order valence-electron chi connectivity index (χ4n) is 2.30. The van der Waals surface area contributed by atoms with Crippen LogP contribution in [0.25, 0.3) is 0 Å². The van der Waals surface area contributed by atoms with Crippen LogP contribution >= 0.6 is 0 Å². The van der Waals surface area contributed by atoms with Crippen molar-refractivity contribution in [3.8, 4) is 0 Å². The number of aromatic nitrogens is 1. The van der Waals surface area contributed by atoms with Crippen molar-refractivity contribution in [1.29, 1.82) is 0 Å². The Morgan fingerprint density at radius 3 is 2.24 bits per heavy atom. The van der Waals surface area contributed by atoms with Crippen LogP contribution in [-0.4, -0.2) is 29.9 Å². The summed E-state index contributed by atoms with van der Waals surface area (Å²) in [5.41, 5.74) is 2.32. The van der Waals surface area contributed by atoms with Gasteiger partial charge in [-0.25, -0.2) is 4.98 Å². The Labute approximate surface area is 148 Å². The van der Waals surface area contributed by atoms with E-state index in [1.807, 2.05) is 45.0 Å². The molecule has 2 rings (SSSR count). The maximum atomic E-state index is 12.3. The molecular weight excluding hydrogens is 316 g/mol. The zero-order chi connectivity index (χ0) is 18.4. The predicted octanol–water partition coefficient (Wildman–Crippen LogP) is 2.82. The third-order valence-electron chi connectivity index (χ3n) is 3.83. The van der Waals surface area contributed by atoms with Gasteiger partial charge in [0.1, 0.15) is 11.9 Å². The van der Waals surface area contributed by atoms with E-state index < -0.39 is 0 Å². The number of rotatable bonds is 6. The van der Waals surface area contributed by atoms with Crippen LogP contribution in [0.4, 0.5) is 11.5 Å². The lowest BCUT2D eigenvalue weighted by molar-refractivity contribution is -0.122. The van der Waals surface area contributed by atoms with Crippen LogP contribution in [0, 0.1) is 12.8 Å². The van der Waals surface area contributed by atoms with Gasteiger partial charge in [0, 0.05) is 18.9 Å². The highest BCUT2D eigenvalue weighted by atomic mass is 16.2. The molecule has 6 nitrogen and oxygen atoms in total. The molecule has 0 fully saturated rings. The molecular formula is C19H24N4O2. The molecule has 0 aliphatic heterocycles. The third kappa shape index (κ3) is 5.04. The van der Waals surface area contributed by atoms with Gasteiger partial charge in [0.15, 0.2) is 0 Å². The minimum absolute atomic E-state index is 0.0991. The molecule has 3 N–H and O–H groups in total. The largest absolute Gasteiger partial charge is 0.358 e. The Morgan fingerprint density at radius 2 is 1.72 bits per heavy atom. The Hall–Kier alpha value is -2.89. The number of nitrogens with one attached hydrogen (secondary N) is 3. The number of carbonyl (C=O) groups excluding carboxylic acids is 2. The van der Waals surface area contributed by atoms with Crippen LogP contribution in [0.2, 0.25) is 0 Å². The fourth-order valence-corrected chi connectivity index (χ4v) is 2.30. The first-order valence-electron chi connectivity index (χ1n) is 8.23. The summed E-state index contributed by atoms with van der Waals surface area (Å²) in [5, 5.41) is 8.56. The van der Waals surface area contributed by atoms with E-state index in [0.717, 1.165) is 11.3 Å². The van der Waals surface area contributed by atoms with Gasteiger partial charge in [0.25, 0.3) is 5.91 Å². The van der Waals surface area contributed by atoms with E-state index in [4.69, 9.17) is 0 Å².